The van der Waals surface area contributed by atoms with Gasteiger partial charge in [-0.3, -0.25) is 14.4 Å². The molecule has 4 heterocycles. The summed E-state index contributed by atoms with van der Waals surface area (Å²) in [6, 6.07) is 17.2. The highest BCUT2D eigenvalue weighted by Crippen LogP contribution is 2.57. The summed E-state index contributed by atoms with van der Waals surface area (Å²) in [5.74, 6) is 1.32. The molecule has 8 rings (SSSR count). The molecule has 7 heteroatoms. The van der Waals surface area contributed by atoms with E-state index in [0.29, 0.717) is 29.7 Å². The minimum Gasteiger partial charge on any atom is -0.372 e. The number of hydrogen-bond donors (Lipinski definition) is 1. The zero-order chi connectivity index (χ0) is 25.3. The van der Waals surface area contributed by atoms with Gasteiger partial charge >= 0.3 is 0 Å². The molecule has 2 aliphatic carbocycles. The molecular formula is C31H37N5O2. The van der Waals surface area contributed by atoms with Crippen molar-refractivity contribution >= 4 is 22.5 Å². The fourth-order valence-electron chi connectivity index (χ4n) is 7.60. The number of hydrogen-bond acceptors (Lipinski definition) is 5. The van der Waals surface area contributed by atoms with E-state index in [-0.39, 0.29) is 18.1 Å². The Balaban J connectivity index is 1.02. The van der Waals surface area contributed by atoms with Crippen molar-refractivity contribution < 1.29 is 9.53 Å². The van der Waals surface area contributed by atoms with E-state index in [9.17, 15) is 4.79 Å². The Bertz CT molecular complexity index is 1360. The van der Waals surface area contributed by atoms with Crippen molar-refractivity contribution in [3.8, 4) is 0 Å². The van der Waals surface area contributed by atoms with Crippen LogP contribution in [0.4, 0.5) is 5.69 Å². The first-order valence-electron chi connectivity index (χ1n) is 14.6. The molecule has 4 atom stereocenters. The minimum atomic E-state index is 0.00161. The molecule has 2 saturated carbocycles. The van der Waals surface area contributed by atoms with E-state index in [0.717, 1.165) is 49.2 Å². The van der Waals surface area contributed by atoms with E-state index < -0.39 is 0 Å². The van der Waals surface area contributed by atoms with Crippen molar-refractivity contribution in [1.82, 2.24) is 20.0 Å². The Morgan fingerprint density at radius 2 is 1.92 bits per heavy atom. The van der Waals surface area contributed by atoms with Crippen LogP contribution in [-0.4, -0.2) is 64.5 Å². The number of ether oxygens (including phenoxy) is 1. The topological polar surface area (TPSA) is 62.6 Å². The lowest BCUT2D eigenvalue weighted by atomic mass is 9.61. The van der Waals surface area contributed by atoms with Gasteiger partial charge in [-0.15, -0.1) is 0 Å². The smallest absolute Gasteiger partial charge is 0.272 e. The van der Waals surface area contributed by atoms with Crippen LogP contribution in [0.1, 0.15) is 54.6 Å². The van der Waals surface area contributed by atoms with Gasteiger partial charge in [0.1, 0.15) is 0 Å². The standard InChI is InChI=1S/C31H37N5O2/c37-30(32-27-19-35-15-13-31(35)12-10-26(27)31)29-25-16-23(8-9-28(25)36(33-29)17-21-6-7-21)34-14-11-24(18-34)38-20-22-4-2-1-3-5-22/h1-5,8-9,16,21,24,26-27H,6-7,10-15,17-20H2,(H,32,37)/t24?,26-,27-,31?/m1/s1. The number of anilines is 1. The highest BCUT2D eigenvalue weighted by Gasteiger charge is 2.63. The third kappa shape index (κ3) is 3.77. The number of carbonyl (C=O) groups is 1. The molecule has 3 saturated heterocycles. The second-order valence-corrected chi connectivity index (χ2v) is 12.4. The van der Waals surface area contributed by atoms with Crippen LogP contribution < -0.4 is 10.2 Å². The zero-order valence-corrected chi connectivity index (χ0v) is 22.0. The molecule has 3 aromatic rings. The van der Waals surface area contributed by atoms with E-state index in [2.05, 4.69) is 62.3 Å². The Morgan fingerprint density at radius 1 is 1.03 bits per heavy atom. The Kier molecular flexibility index (Phi) is 5.34. The molecule has 2 aromatic carbocycles. The van der Waals surface area contributed by atoms with Gasteiger partial charge in [0.2, 0.25) is 0 Å². The van der Waals surface area contributed by atoms with Gasteiger partial charge in [0.15, 0.2) is 5.69 Å². The Hall–Kier alpha value is -2.90. The van der Waals surface area contributed by atoms with Crippen LogP contribution in [0.25, 0.3) is 10.9 Å². The molecule has 198 valence electrons. The number of aromatic nitrogens is 2. The second kappa shape index (κ2) is 8.82. The summed E-state index contributed by atoms with van der Waals surface area (Å²) in [5, 5.41) is 9.34. The van der Waals surface area contributed by atoms with Crippen LogP contribution >= 0.6 is 0 Å². The van der Waals surface area contributed by atoms with Crippen LogP contribution in [0.5, 0.6) is 0 Å². The van der Waals surface area contributed by atoms with E-state index >= 15 is 0 Å². The van der Waals surface area contributed by atoms with Crippen LogP contribution in [0.3, 0.4) is 0 Å². The maximum absolute atomic E-state index is 13.7. The molecule has 5 aliphatic rings. The van der Waals surface area contributed by atoms with E-state index in [1.165, 1.54) is 44.2 Å². The first-order chi connectivity index (χ1) is 18.7. The Morgan fingerprint density at radius 3 is 2.66 bits per heavy atom. The third-order valence-electron chi connectivity index (χ3n) is 10.2. The van der Waals surface area contributed by atoms with Gasteiger partial charge in [-0.25, -0.2) is 0 Å². The van der Waals surface area contributed by atoms with Gasteiger partial charge in [-0.05, 0) is 74.1 Å². The lowest BCUT2D eigenvalue weighted by molar-refractivity contribution is -0.0676. The largest absolute Gasteiger partial charge is 0.372 e. The quantitative estimate of drug-likeness (QED) is 0.491. The summed E-state index contributed by atoms with van der Waals surface area (Å²) in [6.07, 6.45) is 7.61. The number of nitrogens with one attached hydrogen (secondary N) is 1. The van der Waals surface area contributed by atoms with Crippen molar-refractivity contribution in [1.29, 1.82) is 0 Å². The Labute approximate surface area is 224 Å². The first-order valence-corrected chi connectivity index (χ1v) is 14.6. The first kappa shape index (κ1) is 23.0. The van der Waals surface area contributed by atoms with Crippen molar-refractivity contribution in [2.24, 2.45) is 11.8 Å². The maximum Gasteiger partial charge on any atom is 0.272 e. The molecule has 5 fully saturated rings. The molecule has 7 nitrogen and oxygen atoms in total. The molecule has 2 unspecified atom stereocenters. The maximum atomic E-state index is 13.7. The molecule has 1 amide bonds. The molecule has 0 radical (unpaired) electrons. The number of carbonyl (C=O) groups excluding carboxylic acids is 1. The summed E-state index contributed by atoms with van der Waals surface area (Å²) in [4.78, 5) is 18.7. The van der Waals surface area contributed by atoms with Crippen LogP contribution in [-0.2, 0) is 17.9 Å². The van der Waals surface area contributed by atoms with Crippen molar-refractivity contribution in [2.75, 3.05) is 31.1 Å². The normalized spacial score (nSPS) is 30.1. The second-order valence-electron chi connectivity index (χ2n) is 12.4. The van der Waals surface area contributed by atoms with Gasteiger partial charge in [-0.1, -0.05) is 30.3 Å². The van der Waals surface area contributed by atoms with Gasteiger partial charge in [0, 0.05) is 55.4 Å². The van der Waals surface area contributed by atoms with E-state index in [1.807, 2.05) is 6.07 Å². The number of benzene rings is 2. The van der Waals surface area contributed by atoms with E-state index in [1.54, 1.807) is 0 Å². The van der Waals surface area contributed by atoms with Crippen molar-refractivity contribution in [3.05, 3.63) is 59.8 Å². The SMILES string of the molecule is O=C(N[C@@H]1CN2CCC23CC[C@H]13)c1nn(CC2CC2)c2ccc(N3CCC(OCc4ccccc4)C3)cc12. The van der Waals surface area contributed by atoms with E-state index in [4.69, 9.17) is 9.84 Å². The van der Waals surface area contributed by atoms with Gasteiger partial charge in [0.25, 0.3) is 5.91 Å². The van der Waals surface area contributed by atoms with Crippen molar-refractivity contribution in [3.63, 3.8) is 0 Å². The molecule has 0 bridgehead atoms. The fourth-order valence-corrected chi connectivity index (χ4v) is 7.60. The number of rotatable bonds is 8. The highest BCUT2D eigenvalue weighted by molar-refractivity contribution is 6.06. The van der Waals surface area contributed by atoms with Crippen molar-refractivity contribution in [2.45, 2.75) is 69.4 Å². The number of amides is 1. The van der Waals surface area contributed by atoms with Gasteiger partial charge < -0.3 is 15.0 Å². The number of fused-ring (bicyclic) bond motifs is 1. The summed E-state index contributed by atoms with van der Waals surface area (Å²) < 4.78 is 8.33. The fraction of sp³-hybridized carbons (Fsp3) is 0.548. The van der Waals surface area contributed by atoms with Crippen LogP contribution in [0.15, 0.2) is 48.5 Å². The lowest BCUT2D eigenvalue weighted by Gasteiger charge is -2.58. The molecule has 1 aromatic heterocycles. The van der Waals surface area contributed by atoms with Gasteiger partial charge in [-0.2, -0.15) is 5.10 Å². The molecule has 38 heavy (non-hydrogen) atoms. The molecule has 1 spiro atoms. The third-order valence-corrected chi connectivity index (χ3v) is 10.2. The van der Waals surface area contributed by atoms with Gasteiger partial charge in [0.05, 0.1) is 18.2 Å². The van der Waals surface area contributed by atoms with Crippen LogP contribution in [0, 0.1) is 11.8 Å². The average Bonchev–Trinajstić information content (AvgIpc) is 3.42. The summed E-state index contributed by atoms with van der Waals surface area (Å²) in [6.45, 7) is 5.59. The minimum absolute atomic E-state index is 0.00161. The monoisotopic (exact) mass is 511 g/mol. The molecule has 3 aliphatic heterocycles. The summed E-state index contributed by atoms with van der Waals surface area (Å²) in [7, 11) is 0. The lowest BCUT2D eigenvalue weighted by Crippen LogP contribution is -2.64. The average molecular weight is 512 g/mol. The zero-order valence-electron chi connectivity index (χ0n) is 22.0. The highest BCUT2D eigenvalue weighted by atomic mass is 16.5. The summed E-state index contributed by atoms with van der Waals surface area (Å²) in [5.41, 5.74) is 4.46. The van der Waals surface area contributed by atoms with Crippen LogP contribution in [0.2, 0.25) is 0 Å². The predicted molar refractivity (Wildman–Crippen MR) is 147 cm³/mol. The predicted octanol–water partition coefficient (Wildman–Crippen LogP) is 4.21. The summed E-state index contributed by atoms with van der Waals surface area (Å²) >= 11 is 0. The molecular weight excluding hydrogens is 474 g/mol. The number of nitrogens with zero attached hydrogens (tertiary/aromatic N) is 4. The molecule has 1 N–H and O–H groups in total.